The summed E-state index contributed by atoms with van der Waals surface area (Å²) in [4.78, 5) is 18.1. The number of anilines is 1. The van der Waals surface area contributed by atoms with Crippen LogP contribution in [0.3, 0.4) is 0 Å². The molecule has 0 fully saturated rings. The Kier molecular flexibility index (Phi) is 4.18. The van der Waals surface area contributed by atoms with E-state index in [1.807, 2.05) is 13.0 Å². The predicted molar refractivity (Wildman–Crippen MR) is 80.7 cm³/mol. The van der Waals surface area contributed by atoms with Crippen LogP contribution in [0, 0.1) is 6.92 Å². The number of carbonyl (C=O) groups is 1. The van der Waals surface area contributed by atoms with Gasteiger partial charge in [-0.1, -0.05) is 23.4 Å². The van der Waals surface area contributed by atoms with Gasteiger partial charge >= 0.3 is 0 Å². The number of nitrogens with zero attached hydrogens (tertiary/aromatic N) is 3. The van der Waals surface area contributed by atoms with Gasteiger partial charge in [-0.05, 0) is 30.7 Å². The van der Waals surface area contributed by atoms with E-state index >= 15 is 0 Å². The van der Waals surface area contributed by atoms with Gasteiger partial charge in [0.15, 0.2) is 5.84 Å². The number of hydrogen-bond acceptors (Lipinski definition) is 4. The fourth-order valence-corrected chi connectivity index (χ4v) is 1.92. The van der Waals surface area contributed by atoms with E-state index in [1.54, 1.807) is 43.6 Å². The van der Waals surface area contributed by atoms with Crippen molar-refractivity contribution in [1.29, 1.82) is 0 Å². The first-order valence-corrected chi connectivity index (χ1v) is 6.32. The SMILES string of the molecule is Cc1cccnc1C(=O)N(C)c1cccc(C(N)=NO)c1. The highest BCUT2D eigenvalue weighted by molar-refractivity contribution is 6.06. The van der Waals surface area contributed by atoms with E-state index in [0.29, 0.717) is 16.9 Å². The average molecular weight is 284 g/mol. The number of oxime groups is 1. The maximum atomic E-state index is 12.5. The number of amides is 1. The minimum absolute atomic E-state index is 0.00767. The van der Waals surface area contributed by atoms with E-state index in [-0.39, 0.29) is 11.7 Å². The Morgan fingerprint density at radius 1 is 1.33 bits per heavy atom. The van der Waals surface area contributed by atoms with Gasteiger partial charge in [0.25, 0.3) is 5.91 Å². The maximum Gasteiger partial charge on any atom is 0.276 e. The summed E-state index contributed by atoms with van der Waals surface area (Å²) >= 11 is 0. The molecule has 1 amide bonds. The van der Waals surface area contributed by atoms with Crippen molar-refractivity contribution in [1.82, 2.24) is 4.98 Å². The number of benzene rings is 1. The van der Waals surface area contributed by atoms with Crippen molar-refractivity contribution in [2.24, 2.45) is 10.9 Å². The lowest BCUT2D eigenvalue weighted by atomic mass is 10.1. The first kappa shape index (κ1) is 14.5. The van der Waals surface area contributed by atoms with Crippen molar-refractivity contribution in [2.45, 2.75) is 6.92 Å². The van der Waals surface area contributed by atoms with E-state index in [2.05, 4.69) is 10.1 Å². The van der Waals surface area contributed by atoms with Crippen molar-refractivity contribution < 1.29 is 10.0 Å². The zero-order valence-corrected chi connectivity index (χ0v) is 11.8. The molecule has 0 bridgehead atoms. The van der Waals surface area contributed by atoms with Gasteiger partial charge in [-0.15, -0.1) is 0 Å². The highest BCUT2D eigenvalue weighted by atomic mass is 16.4. The van der Waals surface area contributed by atoms with Crippen molar-refractivity contribution in [3.8, 4) is 0 Å². The molecule has 0 radical (unpaired) electrons. The molecule has 0 aliphatic carbocycles. The van der Waals surface area contributed by atoms with E-state index < -0.39 is 0 Å². The van der Waals surface area contributed by atoms with Crippen LogP contribution in [0.1, 0.15) is 21.6 Å². The van der Waals surface area contributed by atoms with Crippen LogP contribution in [-0.4, -0.2) is 29.0 Å². The summed E-state index contributed by atoms with van der Waals surface area (Å²) in [5.41, 5.74) is 7.93. The highest BCUT2D eigenvalue weighted by Gasteiger charge is 2.17. The molecule has 6 nitrogen and oxygen atoms in total. The van der Waals surface area contributed by atoms with Gasteiger partial charge in [-0.3, -0.25) is 9.78 Å². The molecule has 0 atom stereocenters. The fourth-order valence-electron chi connectivity index (χ4n) is 1.92. The summed E-state index contributed by atoms with van der Waals surface area (Å²) in [6.07, 6.45) is 1.58. The summed E-state index contributed by atoms with van der Waals surface area (Å²) < 4.78 is 0. The average Bonchev–Trinajstić information content (AvgIpc) is 2.53. The molecule has 2 rings (SSSR count). The van der Waals surface area contributed by atoms with E-state index in [0.717, 1.165) is 5.56 Å². The monoisotopic (exact) mass is 284 g/mol. The number of aromatic nitrogens is 1. The molecule has 3 N–H and O–H groups in total. The largest absolute Gasteiger partial charge is 0.409 e. The number of rotatable bonds is 3. The third kappa shape index (κ3) is 3.00. The predicted octanol–water partition coefficient (Wildman–Crippen LogP) is 1.76. The molecule has 21 heavy (non-hydrogen) atoms. The molecule has 0 unspecified atom stereocenters. The molecule has 1 aromatic heterocycles. The normalized spacial score (nSPS) is 11.2. The summed E-state index contributed by atoms with van der Waals surface area (Å²) in [5, 5.41) is 11.7. The summed E-state index contributed by atoms with van der Waals surface area (Å²) in [7, 11) is 1.65. The molecule has 0 saturated carbocycles. The second kappa shape index (κ2) is 6.04. The standard InChI is InChI=1S/C15H16N4O2/c1-10-5-4-8-17-13(10)15(20)19(2)12-7-3-6-11(9-12)14(16)18-21/h3-9,21H,1-2H3,(H2,16,18). The highest BCUT2D eigenvalue weighted by Crippen LogP contribution is 2.18. The van der Waals surface area contributed by atoms with Crippen LogP contribution in [0.5, 0.6) is 0 Å². The first-order chi connectivity index (χ1) is 10.0. The third-order valence-electron chi connectivity index (χ3n) is 3.15. The minimum Gasteiger partial charge on any atom is -0.409 e. The smallest absolute Gasteiger partial charge is 0.276 e. The zero-order chi connectivity index (χ0) is 15.4. The number of amidine groups is 1. The van der Waals surface area contributed by atoms with Gasteiger partial charge in [0.2, 0.25) is 0 Å². The zero-order valence-electron chi connectivity index (χ0n) is 11.8. The minimum atomic E-state index is -0.218. The number of hydrogen-bond donors (Lipinski definition) is 2. The molecule has 1 aromatic carbocycles. The number of pyridine rings is 1. The van der Waals surface area contributed by atoms with Crippen LogP contribution in [0.4, 0.5) is 5.69 Å². The lowest BCUT2D eigenvalue weighted by Crippen LogP contribution is -2.28. The molecule has 1 heterocycles. The Morgan fingerprint density at radius 2 is 2.10 bits per heavy atom. The van der Waals surface area contributed by atoms with Crippen LogP contribution in [0.2, 0.25) is 0 Å². The molecule has 2 aromatic rings. The van der Waals surface area contributed by atoms with Crippen molar-refractivity contribution in [3.05, 3.63) is 59.4 Å². The molecule has 108 valence electrons. The van der Waals surface area contributed by atoms with Gasteiger partial charge in [0, 0.05) is 24.5 Å². The molecule has 0 aliphatic heterocycles. The molecule has 0 saturated heterocycles. The molecular weight excluding hydrogens is 268 g/mol. The third-order valence-corrected chi connectivity index (χ3v) is 3.15. The Hall–Kier alpha value is -2.89. The van der Waals surface area contributed by atoms with Gasteiger partial charge in [-0.2, -0.15) is 0 Å². The summed E-state index contributed by atoms with van der Waals surface area (Å²) in [6.45, 7) is 1.83. The maximum absolute atomic E-state index is 12.5. The Bertz CT molecular complexity index is 698. The molecule has 0 aliphatic rings. The van der Waals surface area contributed by atoms with E-state index in [4.69, 9.17) is 10.9 Å². The Balaban J connectivity index is 2.34. The van der Waals surface area contributed by atoms with Crippen LogP contribution >= 0.6 is 0 Å². The number of nitrogens with two attached hydrogens (primary N) is 1. The van der Waals surface area contributed by atoms with Crippen LogP contribution in [0.15, 0.2) is 47.8 Å². The fraction of sp³-hybridized carbons (Fsp3) is 0.133. The summed E-state index contributed by atoms with van der Waals surface area (Å²) in [5.74, 6) is -0.225. The molecule has 6 heteroatoms. The number of carbonyl (C=O) groups excluding carboxylic acids is 1. The van der Waals surface area contributed by atoms with Gasteiger partial charge in [0.1, 0.15) is 5.69 Å². The summed E-state index contributed by atoms with van der Waals surface area (Å²) in [6, 6.07) is 10.5. The quantitative estimate of drug-likeness (QED) is 0.389. The Morgan fingerprint density at radius 3 is 2.76 bits per heavy atom. The lowest BCUT2D eigenvalue weighted by Gasteiger charge is -2.18. The van der Waals surface area contributed by atoms with Crippen molar-refractivity contribution >= 4 is 17.4 Å². The van der Waals surface area contributed by atoms with Gasteiger partial charge < -0.3 is 15.8 Å². The Labute approximate surface area is 122 Å². The first-order valence-electron chi connectivity index (χ1n) is 6.32. The second-order valence-electron chi connectivity index (χ2n) is 4.57. The molecular formula is C15H16N4O2. The second-order valence-corrected chi connectivity index (χ2v) is 4.57. The van der Waals surface area contributed by atoms with Crippen LogP contribution in [-0.2, 0) is 0 Å². The van der Waals surface area contributed by atoms with Crippen LogP contribution in [0.25, 0.3) is 0 Å². The van der Waals surface area contributed by atoms with Crippen molar-refractivity contribution in [2.75, 3.05) is 11.9 Å². The van der Waals surface area contributed by atoms with Crippen molar-refractivity contribution in [3.63, 3.8) is 0 Å². The molecule has 0 spiro atoms. The number of aryl methyl sites for hydroxylation is 1. The lowest BCUT2D eigenvalue weighted by molar-refractivity contribution is 0.0987. The van der Waals surface area contributed by atoms with Crippen LogP contribution < -0.4 is 10.6 Å². The van der Waals surface area contributed by atoms with E-state index in [1.165, 1.54) is 4.90 Å². The van der Waals surface area contributed by atoms with E-state index in [9.17, 15) is 4.79 Å². The topological polar surface area (TPSA) is 91.8 Å². The van der Waals surface area contributed by atoms with Gasteiger partial charge in [-0.25, -0.2) is 0 Å². The van der Waals surface area contributed by atoms with Gasteiger partial charge in [0.05, 0.1) is 0 Å².